The molecule has 4 aliphatic rings. The summed E-state index contributed by atoms with van der Waals surface area (Å²) in [5, 5.41) is 17.8. The highest BCUT2D eigenvalue weighted by molar-refractivity contribution is 6.71. The van der Waals surface area contributed by atoms with Crippen molar-refractivity contribution in [1.29, 1.82) is 0 Å². The van der Waals surface area contributed by atoms with Crippen LogP contribution in [0.1, 0.15) is 30.2 Å². The first-order valence-electron chi connectivity index (χ1n) is 19.5. The van der Waals surface area contributed by atoms with Gasteiger partial charge in [0.2, 0.25) is 0 Å². The maximum atomic E-state index is 15.4. The fraction of sp³-hybridized carbons (Fsp3) is 0.326. The van der Waals surface area contributed by atoms with E-state index in [1.54, 1.807) is 25.6 Å². The number of aliphatic hydroxyl groups is 1. The highest BCUT2D eigenvalue weighted by Gasteiger charge is 2.66. The molecule has 1 fully saturated rings. The molecule has 0 aliphatic carbocycles. The van der Waals surface area contributed by atoms with Gasteiger partial charge < -0.3 is 29.0 Å². The number of aliphatic hydroxyl groups excluding tert-OH is 1. The lowest BCUT2D eigenvalue weighted by Crippen LogP contribution is -2.46. The van der Waals surface area contributed by atoms with Crippen molar-refractivity contribution in [2.75, 3.05) is 34.5 Å². The summed E-state index contributed by atoms with van der Waals surface area (Å²) in [7, 11) is -3.01. The Labute approximate surface area is 336 Å². The summed E-state index contributed by atoms with van der Waals surface area (Å²) in [6, 6.07) is 27.9. The highest BCUT2D eigenvalue weighted by atomic mass is 28.4. The lowest BCUT2D eigenvalue weighted by Gasteiger charge is -2.33. The second kappa shape index (κ2) is 14.5. The number of nitrogens with zero attached hydrogens (tertiary/aromatic N) is 6. The van der Waals surface area contributed by atoms with Gasteiger partial charge in [0.1, 0.15) is 11.5 Å². The van der Waals surface area contributed by atoms with E-state index in [0.717, 1.165) is 5.56 Å². The second-order valence-corrected chi connectivity index (χ2v) is 19.8. The van der Waals surface area contributed by atoms with Crippen molar-refractivity contribution in [2.24, 2.45) is 5.92 Å². The summed E-state index contributed by atoms with van der Waals surface area (Å²) in [6.07, 6.45) is 2.11. The van der Waals surface area contributed by atoms with Crippen LogP contribution < -0.4 is 24.2 Å². The molecule has 4 atom stereocenters. The van der Waals surface area contributed by atoms with Crippen LogP contribution >= 0.6 is 0 Å². The molecule has 0 saturated carbocycles. The lowest BCUT2D eigenvalue weighted by molar-refractivity contribution is -0.146. The van der Waals surface area contributed by atoms with Gasteiger partial charge in [-0.15, -0.1) is 5.10 Å². The first kappa shape index (κ1) is 37.7. The fourth-order valence-electron chi connectivity index (χ4n) is 9.32. The Hall–Kier alpha value is -5.87. The van der Waals surface area contributed by atoms with Crippen molar-refractivity contribution in [2.45, 2.75) is 63.2 Å². The lowest BCUT2D eigenvalue weighted by atomic mass is 9.82. The summed E-state index contributed by atoms with van der Waals surface area (Å²) in [6.45, 7) is 6.07. The van der Waals surface area contributed by atoms with Crippen LogP contribution in [-0.4, -0.2) is 76.9 Å². The molecule has 0 unspecified atom stereocenters. The van der Waals surface area contributed by atoms with Crippen LogP contribution in [0.25, 0.3) is 0 Å². The first-order valence-corrected chi connectivity index (χ1v) is 22.6. The number of ether oxygens (including phenoxy) is 3. The Morgan fingerprint density at radius 1 is 0.828 bits per heavy atom. The third-order valence-electron chi connectivity index (χ3n) is 11.7. The Kier molecular flexibility index (Phi) is 9.42. The molecule has 3 amide bonds. The van der Waals surface area contributed by atoms with E-state index >= 15 is 4.79 Å². The van der Waals surface area contributed by atoms with Crippen LogP contribution in [0.15, 0.2) is 97.2 Å². The van der Waals surface area contributed by atoms with E-state index in [-0.39, 0.29) is 49.6 Å². The van der Waals surface area contributed by atoms with E-state index in [1.165, 1.54) is 0 Å². The number of carbonyl (C=O) groups is 3. The third-order valence-corrected chi connectivity index (χ3v) is 14.2. The van der Waals surface area contributed by atoms with Crippen molar-refractivity contribution >= 4 is 54.5 Å². The number of hydrogen-bond donors (Lipinski definition) is 2. The summed E-state index contributed by atoms with van der Waals surface area (Å²) in [4.78, 5) is 59.2. The molecular formula is C43H44N6O8Si. The minimum atomic E-state index is -3.01. The number of carbonyl (C=O) groups excluding carboxylic acids is 3. The highest BCUT2D eigenvalue weighted by Crippen LogP contribution is 2.60. The van der Waals surface area contributed by atoms with Crippen molar-refractivity contribution in [1.82, 2.24) is 15.0 Å². The van der Waals surface area contributed by atoms with Gasteiger partial charge in [0, 0.05) is 54.2 Å². The molecule has 15 heteroatoms. The normalized spacial score (nSPS) is 22.5. The zero-order valence-corrected chi connectivity index (χ0v) is 33.4. The maximum Gasteiger partial charge on any atom is 0.269 e. The smallest absolute Gasteiger partial charge is 0.269 e. The van der Waals surface area contributed by atoms with Gasteiger partial charge >= 0.3 is 0 Å². The van der Waals surface area contributed by atoms with Crippen LogP contribution in [0.4, 0.5) is 28.4 Å². The molecule has 298 valence electrons. The van der Waals surface area contributed by atoms with Gasteiger partial charge in [0.05, 0.1) is 35.4 Å². The van der Waals surface area contributed by atoms with E-state index in [9.17, 15) is 19.5 Å². The van der Waals surface area contributed by atoms with Gasteiger partial charge in [-0.05, 0) is 79.7 Å². The monoisotopic (exact) mass is 800 g/mol. The molecule has 4 aliphatic heterocycles. The van der Waals surface area contributed by atoms with E-state index < -0.39 is 25.9 Å². The number of anilines is 5. The van der Waals surface area contributed by atoms with Crippen LogP contribution in [0.2, 0.25) is 18.6 Å². The Balaban J connectivity index is 1.12. The quantitative estimate of drug-likeness (QED) is 0.176. The molecule has 58 heavy (non-hydrogen) atoms. The molecule has 9 rings (SSSR count). The predicted molar refractivity (Wildman–Crippen MR) is 217 cm³/mol. The number of hydrogen-bond acceptors (Lipinski definition) is 10. The second-order valence-electron chi connectivity index (χ2n) is 15.8. The van der Waals surface area contributed by atoms with Gasteiger partial charge in [-0.3, -0.25) is 28.9 Å². The van der Waals surface area contributed by atoms with E-state index in [1.807, 2.05) is 111 Å². The number of aromatic nitrogens is 3. The molecule has 1 spiro atoms. The number of fused-ring (bicyclic) bond motifs is 4. The standard InChI is InChI=1S/C43H44N6O8Si/c1-27-41(58(2,3)54)38(17-19-46-24-29(18-20-50)44-45-46)57-43(27)32-22-31(49-35-12-5-7-14-37(35)56-26-40(49)52)15-16-33(32)47(42(43)53)23-28-9-8-10-30(21-28)48-34-11-4-6-13-36(34)55-25-39(48)51/h4-16,21-22,24,27,38,41,50,54H,17-20,23,25-26H2,1-3H3/t27-,38+,41-,43+/m0/s1. The number of amides is 3. The van der Waals surface area contributed by atoms with Gasteiger partial charge in [0.15, 0.2) is 27.1 Å². The third kappa shape index (κ3) is 6.25. The molecule has 0 bridgehead atoms. The van der Waals surface area contributed by atoms with Gasteiger partial charge in [-0.2, -0.15) is 0 Å². The van der Waals surface area contributed by atoms with Crippen LogP contribution in [0, 0.1) is 5.92 Å². The molecule has 1 aromatic heterocycles. The molecule has 5 aromatic rings. The number of aryl methyl sites for hydroxylation is 1. The maximum absolute atomic E-state index is 15.4. The molecule has 1 saturated heterocycles. The predicted octanol–water partition coefficient (Wildman–Crippen LogP) is 5.36. The van der Waals surface area contributed by atoms with Crippen LogP contribution in [-0.2, 0) is 44.2 Å². The summed E-state index contributed by atoms with van der Waals surface area (Å²) in [5.74, 6) is -0.00516. The minimum Gasteiger partial charge on any atom is -0.482 e. The number of rotatable bonds is 10. The largest absolute Gasteiger partial charge is 0.482 e. The molecule has 14 nitrogen and oxygen atoms in total. The van der Waals surface area contributed by atoms with E-state index in [2.05, 4.69) is 10.3 Å². The van der Waals surface area contributed by atoms with Gasteiger partial charge in [-0.25, -0.2) is 0 Å². The average molecular weight is 801 g/mol. The van der Waals surface area contributed by atoms with Crippen molar-refractivity contribution < 1.29 is 38.5 Å². The van der Waals surface area contributed by atoms with Crippen molar-refractivity contribution in [3.8, 4) is 11.5 Å². The van der Waals surface area contributed by atoms with E-state index in [0.29, 0.717) is 70.6 Å². The average Bonchev–Trinajstić information content (AvgIpc) is 3.86. The topological polar surface area (TPSA) is 160 Å². The first-order chi connectivity index (χ1) is 28.0. The fourth-order valence-corrected chi connectivity index (χ4v) is 11.9. The zero-order chi connectivity index (χ0) is 40.3. The van der Waals surface area contributed by atoms with Gasteiger partial charge in [0.25, 0.3) is 17.7 Å². The van der Waals surface area contributed by atoms with E-state index in [4.69, 9.17) is 14.2 Å². The Morgan fingerprint density at radius 3 is 2.14 bits per heavy atom. The minimum absolute atomic E-state index is 0.0396. The SMILES string of the molecule is C[C@H]1[C@H]([Si](C)(C)O)[C@@H](CCn2cc(CCO)nn2)O[C@]12C(=O)N(Cc1cccc(N3C(=O)COc4ccccc43)c1)c1ccc(N3C(=O)COc4ccccc43)cc12. The zero-order valence-electron chi connectivity index (χ0n) is 32.4. The molecule has 2 N–H and O–H groups in total. The van der Waals surface area contributed by atoms with Crippen LogP contribution in [0.5, 0.6) is 11.5 Å². The Bertz CT molecular complexity index is 2430. The molecule has 4 aromatic carbocycles. The Morgan fingerprint density at radius 2 is 1.48 bits per heavy atom. The summed E-state index contributed by atoms with van der Waals surface area (Å²) in [5.41, 5.74) is 3.30. The summed E-state index contributed by atoms with van der Waals surface area (Å²) < 4.78 is 20.3. The molecule has 5 heterocycles. The summed E-state index contributed by atoms with van der Waals surface area (Å²) >= 11 is 0. The number of benzene rings is 4. The van der Waals surface area contributed by atoms with Crippen molar-refractivity contribution in [3.63, 3.8) is 0 Å². The molecular weight excluding hydrogens is 757 g/mol. The van der Waals surface area contributed by atoms with Gasteiger partial charge in [-0.1, -0.05) is 48.5 Å². The molecule has 0 radical (unpaired) electrons. The number of para-hydroxylation sites is 4. The van der Waals surface area contributed by atoms with Crippen molar-refractivity contribution in [3.05, 3.63) is 114 Å². The van der Waals surface area contributed by atoms with Crippen LogP contribution in [0.3, 0.4) is 0 Å².